The van der Waals surface area contributed by atoms with Crippen LogP contribution in [0.25, 0.3) is 0 Å². The van der Waals surface area contributed by atoms with Crippen LogP contribution in [0.15, 0.2) is 36.9 Å². The number of aromatic nitrogens is 2. The lowest BCUT2D eigenvalue weighted by molar-refractivity contribution is -0.126. The normalized spacial score (nSPS) is 23.7. The van der Waals surface area contributed by atoms with Crippen LogP contribution < -0.4 is 14.5 Å². The quantitative estimate of drug-likeness (QED) is 0.547. The summed E-state index contributed by atoms with van der Waals surface area (Å²) in [6.45, 7) is 9.38. The minimum Gasteiger partial charge on any atom is -0.462 e. The highest BCUT2D eigenvalue weighted by molar-refractivity contribution is 5.87. The fourth-order valence-electron chi connectivity index (χ4n) is 6.72. The first-order valence-corrected chi connectivity index (χ1v) is 14.3. The van der Waals surface area contributed by atoms with Crippen LogP contribution in [0.2, 0.25) is 0 Å². The minimum absolute atomic E-state index is 0.00345. The van der Waals surface area contributed by atoms with Crippen molar-refractivity contribution in [3.8, 4) is 6.01 Å². The minimum atomic E-state index is 0.00345. The van der Waals surface area contributed by atoms with E-state index in [0.29, 0.717) is 37.8 Å². The summed E-state index contributed by atoms with van der Waals surface area (Å²) in [4.78, 5) is 31.4. The molecule has 1 amide bonds. The molecule has 2 saturated heterocycles. The van der Waals surface area contributed by atoms with E-state index in [1.165, 1.54) is 35.7 Å². The summed E-state index contributed by atoms with van der Waals surface area (Å²) in [5.41, 5.74) is 5.25. The predicted molar refractivity (Wildman–Crippen MR) is 150 cm³/mol. The van der Waals surface area contributed by atoms with Crippen molar-refractivity contribution >= 4 is 17.4 Å². The Morgan fingerprint density at radius 3 is 2.68 bits per heavy atom. The standard InChI is InChI=1S/C30H40N6O2/c1-3-28(37)34-16-18-35(19-17-34)29-25-13-12-23(36-15-6-9-22-8-4-5-11-27(22)36)20-26(25)31-30(32-29)38-21-24-10-7-14-33(24)2/h3-5,8,11,23-24H,1,6-7,9-10,12-21H2,2H3/t23-,24+/m1/s1. The summed E-state index contributed by atoms with van der Waals surface area (Å²) < 4.78 is 6.29. The van der Waals surface area contributed by atoms with Gasteiger partial charge in [0.2, 0.25) is 5.91 Å². The van der Waals surface area contributed by atoms with E-state index in [1.807, 2.05) is 4.90 Å². The van der Waals surface area contributed by atoms with Crippen LogP contribution in [0, 0.1) is 0 Å². The highest BCUT2D eigenvalue weighted by atomic mass is 16.5. The maximum atomic E-state index is 12.1. The number of amides is 1. The summed E-state index contributed by atoms with van der Waals surface area (Å²) in [6.07, 6.45) is 9.12. The van der Waals surface area contributed by atoms with E-state index in [0.717, 1.165) is 69.8 Å². The number of ether oxygens (including phenoxy) is 1. The van der Waals surface area contributed by atoms with E-state index >= 15 is 0 Å². The van der Waals surface area contributed by atoms with Crippen LogP contribution >= 0.6 is 0 Å². The van der Waals surface area contributed by atoms with Gasteiger partial charge < -0.3 is 24.3 Å². The first-order chi connectivity index (χ1) is 18.6. The fraction of sp³-hybridized carbons (Fsp3) is 0.567. The van der Waals surface area contributed by atoms with Crippen molar-refractivity contribution in [2.75, 3.05) is 62.7 Å². The molecular weight excluding hydrogens is 476 g/mol. The number of hydrogen-bond donors (Lipinski definition) is 0. The number of anilines is 2. The third kappa shape index (κ3) is 4.98. The molecule has 0 N–H and O–H groups in total. The summed E-state index contributed by atoms with van der Waals surface area (Å²) in [7, 11) is 2.17. The predicted octanol–water partition coefficient (Wildman–Crippen LogP) is 3.09. The second-order valence-corrected chi connectivity index (χ2v) is 11.2. The second-order valence-electron chi connectivity index (χ2n) is 11.2. The molecule has 0 unspecified atom stereocenters. The molecule has 202 valence electrons. The third-order valence-corrected chi connectivity index (χ3v) is 8.94. The fourth-order valence-corrected chi connectivity index (χ4v) is 6.72. The summed E-state index contributed by atoms with van der Waals surface area (Å²) in [5, 5.41) is 0. The molecule has 1 aliphatic carbocycles. The lowest BCUT2D eigenvalue weighted by atomic mass is 9.88. The number of para-hydroxylation sites is 1. The van der Waals surface area contributed by atoms with Crippen molar-refractivity contribution < 1.29 is 9.53 Å². The zero-order valence-corrected chi connectivity index (χ0v) is 22.6. The second kappa shape index (κ2) is 10.9. The molecule has 4 heterocycles. The number of carbonyl (C=O) groups is 1. The van der Waals surface area contributed by atoms with E-state index in [4.69, 9.17) is 14.7 Å². The molecule has 8 nitrogen and oxygen atoms in total. The molecule has 2 aromatic rings. The smallest absolute Gasteiger partial charge is 0.318 e. The zero-order valence-electron chi connectivity index (χ0n) is 22.6. The average molecular weight is 517 g/mol. The maximum Gasteiger partial charge on any atom is 0.318 e. The number of likely N-dealkylation sites (tertiary alicyclic amines) is 1. The largest absolute Gasteiger partial charge is 0.462 e. The van der Waals surface area contributed by atoms with Gasteiger partial charge in [-0.25, -0.2) is 0 Å². The molecular formula is C30H40N6O2. The molecule has 3 aliphatic heterocycles. The van der Waals surface area contributed by atoms with Crippen LogP contribution in [-0.4, -0.2) is 90.7 Å². The monoisotopic (exact) mass is 516 g/mol. The van der Waals surface area contributed by atoms with Gasteiger partial charge in [-0.3, -0.25) is 4.79 Å². The topological polar surface area (TPSA) is 65.0 Å². The number of piperazine rings is 1. The van der Waals surface area contributed by atoms with E-state index in [2.05, 4.69) is 52.6 Å². The van der Waals surface area contributed by atoms with Gasteiger partial charge in [0.1, 0.15) is 12.4 Å². The molecule has 0 bridgehead atoms. The molecule has 2 atom stereocenters. The van der Waals surface area contributed by atoms with Gasteiger partial charge in [-0.2, -0.15) is 9.97 Å². The number of benzene rings is 1. The van der Waals surface area contributed by atoms with Crippen LogP contribution in [-0.2, 0) is 24.1 Å². The first kappa shape index (κ1) is 25.2. The highest BCUT2D eigenvalue weighted by Crippen LogP contribution is 2.36. The first-order valence-electron chi connectivity index (χ1n) is 14.3. The maximum absolute atomic E-state index is 12.1. The molecule has 0 radical (unpaired) electrons. The molecule has 4 aliphatic rings. The molecule has 1 aromatic heterocycles. The Morgan fingerprint density at radius 1 is 1.05 bits per heavy atom. The lowest BCUT2D eigenvalue weighted by Crippen LogP contribution is -2.49. The number of likely N-dealkylation sites (N-methyl/N-ethyl adjacent to an activating group) is 1. The molecule has 8 heteroatoms. The van der Waals surface area contributed by atoms with E-state index in [9.17, 15) is 4.79 Å². The van der Waals surface area contributed by atoms with Crippen molar-refractivity contribution in [3.05, 3.63) is 53.7 Å². The summed E-state index contributed by atoms with van der Waals surface area (Å²) in [5.74, 6) is 1.01. The molecule has 0 saturated carbocycles. The van der Waals surface area contributed by atoms with Crippen molar-refractivity contribution in [2.24, 2.45) is 0 Å². The highest BCUT2D eigenvalue weighted by Gasteiger charge is 2.33. The summed E-state index contributed by atoms with van der Waals surface area (Å²) in [6, 6.07) is 10.2. The molecule has 6 rings (SSSR count). The van der Waals surface area contributed by atoms with Crippen LogP contribution in [0.3, 0.4) is 0 Å². The van der Waals surface area contributed by atoms with Crippen LogP contribution in [0.4, 0.5) is 11.5 Å². The van der Waals surface area contributed by atoms with Gasteiger partial charge in [-0.05, 0) is 69.8 Å². The molecule has 2 fully saturated rings. The van der Waals surface area contributed by atoms with E-state index in [1.54, 1.807) is 0 Å². The average Bonchev–Trinajstić information content (AvgIpc) is 3.39. The molecule has 38 heavy (non-hydrogen) atoms. The van der Waals surface area contributed by atoms with Crippen LogP contribution in [0.5, 0.6) is 6.01 Å². The Hall–Kier alpha value is -3.13. The van der Waals surface area contributed by atoms with Crippen molar-refractivity contribution in [1.82, 2.24) is 19.8 Å². The van der Waals surface area contributed by atoms with E-state index < -0.39 is 0 Å². The van der Waals surface area contributed by atoms with Gasteiger partial charge >= 0.3 is 6.01 Å². The Balaban J connectivity index is 1.26. The third-order valence-electron chi connectivity index (χ3n) is 8.94. The van der Waals surface area contributed by atoms with E-state index in [-0.39, 0.29) is 5.91 Å². The van der Waals surface area contributed by atoms with Gasteiger partial charge in [0.05, 0.1) is 5.69 Å². The van der Waals surface area contributed by atoms with Crippen molar-refractivity contribution in [2.45, 2.75) is 57.0 Å². The molecule has 0 spiro atoms. The number of rotatable bonds is 6. The number of carbonyl (C=O) groups excluding carboxylic acids is 1. The lowest BCUT2D eigenvalue weighted by Gasteiger charge is -2.41. The van der Waals surface area contributed by atoms with Gasteiger partial charge in [0.15, 0.2) is 0 Å². The van der Waals surface area contributed by atoms with Gasteiger partial charge in [-0.15, -0.1) is 0 Å². The zero-order chi connectivity index (χ0) is 26.1. The van der Waals surface area contributed by atoms with Crippen molar-refractivity contribution in [3.63, 3.8) is 0 Å². The SMILES string of the molecule is C=CC(=O)N1CCN(c2nc(OC[C@@H]3CCCN3C)nc3c2CC[C@@H](N2CCCc4ccccc42)C3)CC1. The van der Waals surface area contributed by atoms with Gasteiger partial charge in [0.25, 0.3) is 0 Å². The van der Waals surface area contributed by atoms with Gasteiger partial charge in [-0.1, -0.05) is 24.8 Å². The Bertz CT molecular complexity index is 1180. The summed E-state index contributed by atoms with van der Waals surface area (Å²) >= 11 is 0. The van der Waals surface area contributed by atoms with Gasteiger partial charge in [0, 0.05) is 62.5 Å². The van der Waals surface area contributed by atoms with Crippen LogP contribution in [0.1, 0.15) is 42.5 Å². The Labute approximate surface area is 226 Å². The number of nitrogens with zero attached hydrogens (tertiary/aromatic N) is 6. The number of fused-ring (bicyclic) bond motifs is 2. The Morgan fingerprint density at radius 2 is 1.89 bits per heavy atom. The Kier molecular flexibility index (Phi) is 7.24. The number of aryl methyl sites for hydroxylation is 1. The molecule has 1 aromatic carbocycles. The number of hydrogen-bond acceptors (Lipinski definition) is 7. The van der Waals surface area contributed by atoms with Crippen molar-refractivity contribution in [1.29, 1.82) is 0 Å².